The molecule has 0 spiro atoms. The molecule has 0 bridgehead atoms. The maximum Gasteiger partial charge on any atom is 0.239 e. The van der Waals surface area contributed by atoms with Gasteiger partial charge in [0.15, 0.2) is 5.78 Å². The molecule has 2 N–H and O–H groups in total. The Hall–Kier alpha value is -2.17. The summed E-state index contributed by atoms with van der Waals surface area (Å²) in [4.78, 5) is 35.8. The number of benzene rings is 1. The summed E-state index contributed by atoms with van der Waals surface area (Å²) in [6.45, 7) is 7.22. The van der Waals surface area contributed by atoms with Gasteiger partial charge in [-0.1, -0.05) is 25.5 Å². The predicted molar refractivity (Wildman–Crippen MR) is 86.8 cm³/mol. The largest absolute Gasteiger partial charge is 0.355 e. The van der Waals surface area contributed by atoms with Gasteiger partial charge in [-0.25, -0.2) is 0 Å². The van der Waals surface area contributed by atoms with Crippen LogP contribution in [0.25, 0.3) is 0 Å². The van der Waals surface area contributed by atoms with Crippen molar-refractivity contribution in [3.63, 3.8) is 0 Å². The molecule has 5 nitrogen and oxygen atoms in total. The molecule has 0 saturated carbocycles. The van der Waals surface area contributed by atoms with Gasteiger partial charge in [-0.3, -0.25) is 14.4 Å². The van der Waals surface area contributed by atoms with Crippen molar-refractivity contribution in [1.82, 2.24) is 5.32 Å². The van der Waals surface area contributed by atoms with Gasteiger partial charge in [-0.15, -0.1) is 0 Å². The third-order valence-electron chi connectivity index (χ3n) is 3.48. The summed E-state index contributed by atoms with van der Waals surface area (Å²) in [5, 5.41) is 5.46. The van der Waals surface area contributed by atoms with E-state index in [1.165, 1.54) is 6.92 Å². The van der Waals surface area contributed by atoms with Gasteiger partial charge < -0.3 is 10.6 Å². The van der Waals surface area contributed by atoms with Gasteiger partial charge in [0.1, 0.15) is 5.41 Å². The monoisotopic (exact) mass is 304 g/mol. The number of anilines is 1. The van der Waals surface area contributed by atoms with Crippen molar-refractivity contribution >= 4 is 23.3 Å². The van der Waals surface area contributed by atoms with Crippen LogP contribution in [-0.2, 0) is 9.59 Å². The molecule has 2 amide bonds. The average molecular weight is 304 g/mol. The van der Waals surface area contributed by atoms with Crippen molar-refractivity contribution in [2.75, 3.05) is 11.9 Å². The number of rotatable bonds is 7. The van der Waals surface area contributed by atoms with E-state index in [2.05, 4.69) is 10.6 Å². The Morgan fingerprint density at radius 3 is 2.41 bits per heavy atom. The van der Waals surface area contributed by atoms with Crippen LogP contribution in [0, 0.1) is 5.41 Å². The maximum atomic E-state index is 12.3. The van der Waals surface area contributed by atoms with E-state index < -0.39 is 11.3 Å². The van der Waals surface area contributed by atoms with E-state index in [0.29, 0.717) is 17.8 Å². The molecule has 0 aliphatic carbocycles. The van der Waals surface area contributed by atoms with E-state index in [-0.39, 0.29) is 11.7 Å². The average Bonchev–Trinajstić information content (AvgIpc) is 2.47. The molecule has 0 unspecified atom stereocenters. The van der Waals surface area contributed by atoms with Gasteiger partial charge in [0.2, 0.25) is 11.8 Å². The van der Waals surface area contributed by atoms with E-state index in [9.17, 15) is 14.4 Å². The topological polar surface area (TPSA) is 75.3 Å². The fraction of sp³-hybridized carbons (Fsp3) is 0.471. The van der Waals surface area contributed by atoms with Crippen LogP contribution >= 0.6 is 0 Å². The summed E-state index contributed by atoms with van der Waals surface area (Å²) in [6, 6.07) is 6.67. The third-order valence-corrected chi connectivity index (χ3v) is 3.48. The van der Waals surface area contributed by atoms with Crippen molar-refractivity contribution in [2.45, 2.75) is 40.5 Å². The van der Waals surface area contributed by atoms with Crippen molar-refractivity contribution in [3.05, 3.63) is 29.8 Å². The zero-order chi connectivity index (χ0) is 16.8. The molecule has 0 aliphatic rings. The summed E-state index contributed by atoms with van der Waals surface area (Å²) >= 11 is 0. The van der Waals surface area contributed by atoms with E-state index in [1.54, 1.807) is 38.1 Å². The van der Waals surface area contributed by atoms with Crippen molar-refractivity contribution in [3.8, 4) is 0 Å². The van der Waals surface area contributed by atoms with Crippen LogP contribution in [0.1, 0.15) is 50.9 Å². The number of hydrogen-bond donors (Lipinski definition) is 2. The molecule has 0 saturated heterocycles. The highest BCUT2D eigenvalue weighted by Gasteiger charge is 2.35. The van der Waals surface area contributed by atoms with Gasteiger partial charge in [-0.05, 0) is 39.3 Å². The first-order chi connectivity index (χ1) is 10.3. The smallest absolute Gasteiger partial charge is 0.239 e. The Balaban J connectivity index is 2.76. The Bertz CT molecular complexity index is 565. The van der Waals surface area contributed by atoms with Crippen LogP contribution in [0.3, 0.4) is 0 Å². The molecule has 5 heteroatoms. The fourth-order valence-corrected chi connectivity index (χ4v) is 1.81. The van der Waals surface area contributed by atoms with Gasteiger partial charge in [0.25, 0.3) is 0 Å². The summed E-state index contributed by atoms with van der Waals surface area (Å²) in [5.41, 5.74) is -0.157. The lowest BCUT2D eigenvalue weighted by Crippen LogP contribution is -2.45. The molecular formula is C17H24N2O3. The number of carbonyl (C=O) groups excluding carboxylic acids is 3. The quantitative estimate of drug-likeness (QED) is 0.462. The maximum absolute atomic E-state index is 12.3. The molecule has 0 atom stereocenters. The molecular weight excluding hydrogens is 280 g/mol. The third kappa shape index (κ3) is 4.69. The second kappa shape index (κ2) is 7.73. The number of hydrogen-bond acceptors (Lipinski definition) is 3. The zero-order valence-corrected chi connectivity index (χ0v) is 13.7. The molecule has 22 heavy (non-hydrogen) atoms. The first kappa shape index (κ1) is 17.9. The highest BCUT2D eigenvalue weighted by molar-refractivity contribution is 6.10. The van der Waals surface area contributed by atoms with E-state index in [4.69, 9.17) is 0 Å². The molecule has 120 valence electrons. The molecule has 1 aromatic carbocycles. The molecule has 1 aromatic rings. The summed E-state index contributed by atoms with van der Waals surface area (Å²) < 4.78 is 0. The fourth-order valence-electron chi connectivity index (χ4n) is 1.81. The van der Waals surface area contributed by atoms with Gasteiger partial charge in [0, 0.05) is 17.8 Å². The van der Waals surface area contributed by atoms with Crippen LogP contribution in [0.15, 0.2) is 24.3 Å². The number of amides is 2. The first-order valence-corrected chi connectivity index (χ1v) is 7.49. The lowest BCUT2D eigenvalue weighted by molar-refractivity contribution is -0.138. The summed E-state index contributed by atoms with van der Waals surface area (Å²) in [5.74, 6) is -0.781. The first-order valence-electron chi connectivity index (χ1n) is 7.49. The van der Waals surface area contributed by atoms with Crippen LogP contribution in [0.2, 0.25) is 0 Å². The Labute approximate surface area is 131 Å². The van der Waals surface area contributed by atoms with Crippen molar-refractivity contribution in [2.24, 2.45) is 5.41 Å². The minimum Gasteiger partial charge on any atom is -0.355 e. The van der Waals surface area contributed by atoms with Crippen molar-refractivity contribution < 1.29 is 14.4 Å². The van der Waals surface area contributed by atoms with Crippen LogP contribution in [0.4, 0.5) is 5.69 Å². The Kier molecular flexibility index (Phi) is 6.28. The molecule has 1 rings (SSSR count). The highest BCUT2D eigenvalue weighted by atomic mass is 16.2. The second-order valence-electron chi connectivity index (χ2n) is 5.83. The van der Waals surface area contributed by atoms with Crippen LogP contribution in [-0.4, -0.2) is 24.1 Å². The zero-order valence-electron chi connectivity index (χ0n) is 13.7. The number of unbranched alkanes of at least 4 members (excludes halogenated alkanes) is 1. The number of ketones is 1. The van der Waals surface area contributed by atoms with E-state index in [0.717, 1.165) is 12.8 Å². The summed E-state index contributed by atoms with van der Waals surface area (Å²) in [6.07, 6.45) is 1.86. The summed E-state index contributed by atoms with van der Waals surface area (Å²) in [7, 11) is 0. The Morgan fingerprint density at radius 2 is 1.82 bits per heavy atom. The molecule has 0 fully saturated rings. The van der Waals surface area contributed by atoms with E-state index in [1.807, 2.05) is 6.92 Å². The molecule has 0 aliphatic heterocycles. The van der Waals surface area contributed by atoms with Crippen molar-refractivity contribution in [1.29, 1.82) is 0 Å². The molecule has 0 radical (unpaired) electrons. The van der Waals surface area contributed by atoms with Gasteiger partial charge >= 0.3 is 0 Å². The SMILES string of the molecule is CCCCNC(=O)C(C)(C)C(=O)Nc1cccc(C(C)=O)c1. The minimum absolute atomic E-state index is 0.0762. The predicted octanol–water partition coefficient (Wildman–Crippen LogP) is 2.77. The number of nitrogens with one attached hydrogen (secondary N) is 2. The highest BCUT2D eigenvalue weighted by Crippen LogP contribution is 2.20. The number of Topliss-reactive ketones (excluding diaryl/α,β-unsaturated/α-hetero) is 1. The normalized spacial score (nSPS) is 10.9. The van der Waals surface area contributed by atoms with Gasteiger partial charge in [0.05, 0.1) is 0 Å². The number of carbonyl (C=O) groups is 3. The second-order valence-corrected chi connectivity index (χ2v) is 5.83. The Morgan fingerprint density at radius 1 is 1.14 bits per heavy atom. The standard InChI is InChI=1S/C17H24N2O3/c1-5-6-10-18-15(21)17(3,4)16(22)19-14-9-7-8-13(11-14)12(2)20/h7-9,11H,5-6,10H2,1-4H3,(H,18,21)(H,19,22). The van der Waals surface area contributed by atoms with Gasteiger partial charge in [-0.2, -0.15) is 0 Å². The van der Waals surface area contributed by atoms with Crippen LogP contribution in [0.5, 0.6) is 0 Å². The molecule has 0 heterocycles. The lowest BCUT2D eigenvalue weighted by Gasteiger charge is -2.22. The molecule has 0 aromatic heterocycles. The van der Waals surface area contributed by atoms with Crippen LogP contribution < -0.4 is 10.6 Å². The van der Waals surface area contributed by atoms with E-state index >= 15 is 0 Å². The lowest BCUT2D eigenvalue weighted by atomic mass is 9.90. The minimum atomic E-state index is -1.18.